The van der Waals surface area contributed by atoms with Crippen LogP contribution in [-0.2, 0) is 19.9 Å². The predicted molar refractivity (Wildman–Crippen MR) is 145 cm³/mol. The number of ketones is 1. The zero-order valence-corrected chi connectivity index (χ0v) is 22.2. The van der Waals surface area contributed by atoms with Gasteiger partial charge in [-0.05, 0) is 52.2 Å². The average Bonchev–Trinajstić information content (AvgIpc) is 3.43. The van der Waals surface area contributed by atoms with Gasteiger partial charge >= 0.3 is 0 Å². The summed E-state index contributed by atoms with van der Waals surface area (Å²) >= 11 is 9.02. The molecule has 2 atom stereocenters. The van der Waals surface area contributed by atoms with Crippen molar-refractivity contribution in [3.63, 3.8) is 0 Å². The van der Waals surface area contributed by atoms with Crippen molar-refractivity contribution in [3.05, 3.63) is 81.5 Å². The third-order valence-electron chi connectivity index (χ3n) is 6.85. The van der Waals surface area contributed by atoms with Crippen LogP contribution in [-0.4, -0.2) is 53.9 Å². The number of halogens is 1. The molecular formula is C27H26ClN3O3S2. The summed E-state index contributed by atoms with van der Waals surface area (Å²) in [5.41, 5.74) is 1.91. The summed E-state index contributed by atoms with van der Waals surface area (Å²) < 4.78 is 0. The fourth-order valence-corrected chi connectivity index (χ4v) is 6.84. The average molecular weight is 540 g/mol. The first-order chi connectivity index (χ1) is 17.4. The van der Waals surface area contributed by atoms with Gasteiger partial charge in [-0.1, -0.05) is 35.9 Å². The van der Waals surface area contributed by atoms with E-state index in [1.165, 1.54) is 23.1 Å². The van der Waals surface area contributed by atoms with E-state index in [0.717, 1.165) is 29.9 Å². The summed E-state index contributed by atoms with van der Waals surface area (Å²) in [6.45, 7) is 4.54. The highest BCUT2D eigenvalue weighted by atomic mass is 35.5. The van der Waals surface area contributed by atoms with Crippen LogP contribution in [0.1, 0.15) is 24.5 Å². The Hall–Kier alpha value is -2.81. The lowest BCUT2D eigenvalue weighted by atomic mass is 9.77. The molecule has 9 heteroatoms. The van der Waals surface area contributed by atoms with Gasteiger partial charge in [-0.2, -0.15) is 11.3 Å². The van der Waals surface area contributed by atoms with Crippen LogP contribution < -0.4 is 10.2 Å². The van der Waals surface area contributed by atoms with Crippen molar-refractivity contribution in [2.45, 2.75) is 29.0 Å². The number of thioether (sulfide) groups is 1. The van der Waals surface area contributed by atoms with Crippen molar-refractivity contribution in [2.24, 2.45) is 0 Å². The van der Waals surface area contributed by atoms with E-state index in [2.05, 4.69) is 10.2 Å². The number of Topliss-reactive ketones (excluding diaryl/α,β-unsaturated/α-hetero) is 1. The molecule has 2 aromatic carbocycles. The molecule has 36 heavy (non-hydrogen) atoms. The molecule has 1 N–H and O–H groups in total. The first-order valence-corrected chi connectivity index (χ1v) is 14.0. The smallest absolute Gasteiger partial charge is 0.242 e. The van der Waals surface area contributed by atoms with Gasteiger partial charge in [-0.25, -0.2) is 0 Å². The van der Waals surface area contributed by atoms with Crippen LogP contribution in [0.3, 0.4) is 0 Å². The van der Waals surface area contributed by atoms with Crippen LogP contribution in [0.5, 0.6) is 0 Å². The fraction of sp³-hybridized carbons (Fsp3) is 0.296. The molecule has 2 amide bonds. The van der Waals surface area contributed by atoms with E-state index in [-0.39, 0.29) is 24.0 Å². The van der Waals surface area contributed by atoms with Gasteiger partial charge < -0.3 is 15.1 Å². The lowest BCUT2D eigenvalue weighted by Crippen LogP contribution is -2.58. The number of thiophene rings is 1. The van der Waals surface area contributed by atoms with Crippen molar-refractivity contribution >= 4 is 58.0 Å². The molecule has 0 aliphatic carbocycles. The number of amides is 2. The molecule has 1 aromatic heterocycles. The van der Waals surface area contributed by atoms with E-state index in [1.54, 1.807) is 13.0 Å². The van der Waals surface area contributed by atoms with Gasteiger partial charge in [0.1, 0.15) is 5.25 Å². The lowest BCUT2D eigenvalue weighted by Gasteiger charge is -2.40. The second-order valence-electron chi connectivity index (χ2n) is 9.02. The molecule has 3 heterocycles. The second-order valence-corrected chi connectivity index (χ2v) is 11.4. The number of piperidine rings is 1. The molecule has 2 saturated heterocycles. The molecule has 186 valence electrons. The summed E-state index contributed by atoms with van der Waals surface area (Å²) in [6.07, 6.45) is 0.161. The summed E-state index contributed by atoms with van der Waals surface area (Å²) in [7, 11) is 0. The molecule has 6 nitrogen and oxygen atoms in total. The SMILES string of the molecule is CC(=O)N1CCN(c2ccc(C3(c4ccsc4)CC(=O)C(Sc4ccccc4Cl)C(=O)N3)cc2)CC1. The monoisotopic (exact) mass is 539 g/mol. The van der Waals surface area contributed by atoms with Gasteiger partial charge in [0.05, 0.1) is 10.6 Å². The summed E-state index contributed by atoms with van der Waals surface area (Å²) in [5, 5.41) is 6.83. The first kappa shape index (κ1) is 24.9. The maximum atomic E-state index is 13.4. The van der Waals surface area contributed by atoms with Crippen molar-refractivity contribution < 1.29 is 14.4 Å². The second kappa shape index (κ2) is 10.3. The first-order valence-electron chi connectivity index (χ1n) is 11.8. The minimum Gasteiger partial charge on any atom is -0.368 e. The van der Waals surface area contributed by atoms with Crippen LogP contribution in [0, 0.1) is 0 Å². The summed E-state index contributed by atoms with van der Waals surface area (Å²) in [6, 6.07) is 17.3. The molecule has 2 unspecified atom stereocenters. The van der Waals surface area contributed by atoms with Gasteiger partial charge in [0.2, 0.25) is 11.8 Å². The minimum absolute atomic E-state index is 0.103. The number of carbonyl (C=O) groups excluding carboxylic acids is 3. The number of nitrogens with one attached hydrogen (secondary N) is 1. The van der Waals surface area contributed by atoms with Gasteiger partial charge in [0.15, 0.2) is 5.78 Å². The van der Waals surface area contributed by atoms with Gasteiger partial charge in [0.25, 0.3) is 0 Å². The highest BCUT2D eigenvalue weighted by molar-refractivity contribution is 8.01. The highest BCUT2D eigenvalue weighted by Gasteiger charge is 2.47. The summed E-state index contributed by atoms with van der Waals surface area (Å²) in [5.74, 6) is -0.336. The predicted octanol–water partition coefficient (Wildman–Crippen LogP) is 4.56. The van der Waals surface area contributed by atoms with E-state index < -0.39 is 10.8 Å². The van der Waals surface area contributed by atoms with Crippen LogP contribution in [0.2, 0.25) is 5.02 Å². The molecule has 0 saturated carbocycles. The van der Waals surface area contributed by atoms with E-state index >= 15 is 0 Å². The molecule has 2 aliphatic heterocycles. The summed E-state index contributed by atoms with van der Waals surface area (Å²) in [4.78, 5) is 43.3. The topological polar surface area (TPSA) is 69.7 Å². The largest absolute Gasteiger partial charge is 0.368 e. The third-order valence-corrected chi connectivity index (χ3v) is 9.30. The van der Waals surface area contributed by atoms with Gasteiger partial charge in [0, 0.05) is 50.1 Å². The van der Waals surface area contributed by atoms with Crippen LogP contribution in [0.25, 0.3) is 0 Å². The van der Waals surface area contributed by atoms with Gasteiger partial charge in [-0.3, -0.25) is 14.4 Å². The number of benzene rings is 2. The minimum atomic E-state index is -0.919. The van der Waals surface area contributed by atoms with Crippen molar-refractivity contribution in [1.29, 1.82) is 0 Å². The van der Waals surface area contributed by atoms with Crippen LogP contribution in [0.4, 0.5) is 5.69 Å². The zero-order chi connectivity index (χ0) is 25.3. The van der Waals surface area contributed by atoms with Crippen molar-refractivity contribution in [1.82, 2.24) is 10.2 Å². The number of nitrogens with zero attached hydrogens (tertiary/aromatic N) is 2. The standard InChI is InChI=1S/C27H26ClN3O3S2/c1-18(32)30-11-13-31(14-12-30)21-8-6-19(7-9-21)27(20-10-15-35-17-20)16-23(33)25(26(34)29-27)36-24-5-3-2-4-22(24)28/h2-10,15,17,25H,11-14,16H2,1H3,(H,29,34). The Balaban J connectivity index is 1.40. The Morgan fingerprint density at radius 1 is 1.03 bits per heavy atom. The zero-order valence-electron chi connectivity index (χ0n) is 19.8. The number of anilines is 1. The number of carbonyl (C=O) groups is 3. The Morgan fingerprint density at radius 3 is 2.36 bits per heavy atom. The molecule has 0 radical (unpaired) electrons. The van der Waals surface area contributed by atoms with E-state index in [0.29, 0.717) is 23.0 Å². The molecule has 0 bridgehead atoms. The van der Waals surface area contributed by atoms with Crippen LogP contribution in [0.15, 0.2) is 70.3 Å². The molecular weight excluding hydrogens is 514 g/mol. The third kappa shape index (κ3) is 4.77. The van der Waals surface area contributed by atoms with E-state index in [9.17, 15) is 14.4 Å². The Kier molecular flexibility index (Phi) is 7.10. The maximum Gasteiger partial charge on any atom is 0.242 e. The lowest BCUT2D eigenvalue weighted by molar-refractivity contribution is -0.133. The molecule has 5 rings (SSSR count). The quantitative estimate of drug-likeness (QED) is 0.481. The van der Waals surface area contributed by atoms with Crippen molar-refractivity contribution in [2.75, 3.05) is 31.1 Å². The van der Waals surface area contributed by atoms with E-state index in [1.807, 2.05) is 64.2 Å². The normalized spacial score (nSPS) is 22.4. The fourth-order valence-electron chi connectivity index (χ4n) is 4.87. The molecule has 3 aromatic rings. The Bertz CT molecular complexity index is 1250. The number of rotatable bonds is 5. The number of hydrogen-bond acceptors (Lipinski definition) is 6. The van der Waals surface area contributed by atoms with Crippen LogP contribution >= 0.6 is 34.7 Å². The number of hydrogen-bond donors (Lipinski definition) is 1. The van der Waals surface area contributed by atoms with Gasteiger partial charge in [-0.15, -0.1) is 11.8 Å². The maximum absolute atomic E-state index is 13.4. The number of piperazine rings is 1. The van der Waals surface area contributed by atoms with E-state index in [4.69, 9.17) is 11.6 Å². The Labute approximate surface area is 223 Å². The highest BCUT2D eigenvalue weighted by Crippen LogP contribution is 2.41. The Morgan fingerprint density at radius 2 is 1.75 bits per heavy atom. The molecule has 0 spiro atoms. The van der Waals surface area contributed by atoms with Crippen molar-refractivity contribution in [3.8, 4) is 0 Å². The molecule has 2 fully saturated rings. The molecule has 2 aliphatic rings.